The van der Waals surface area contributed by atoms with Gasteiger partial charge in [-0.3, -0.25) is 9.89 Å². The second kappa shape index (κ2) is 5.14. The van der Waals surface area contributed by atoms with Gasteiger partial charge in [0.15, 0.2) is 0 Å². The van der Waals surface area contributed by atoms with E-state index in [1.807, 2.05) is 11.8 Å². The average Bonchev–Trinajstić information content (AvgIpc) is 2.43. The summed E-state index contributed by atoms with van der Waals surface area (Å²) in [6, 6.07) is 0.554. The van der Waals surface area contributed by atoms with Gasteiger partial charge in [0.2, 0.25) is 0 Å². The fourth-order valence-corrected chi connectivity index (χ4v) is 2.86. The fourth-order valence-electron chi connectivity index (χ4n) is 2.02. The summed E-state index contributed by atoms with van der Waals surface area (Å²) in [5.74, 6) is 1.19. The molecule has 0 aromatic carbocycles. The molecule has 2 aliphatic rings. The van der Waals surface area contributed by atoms with Gasteiger partial charge < -0.3 is 5.32 Å². The maximum Gasteiger partial charge on any atom is 0.0730 e. The zero-order valence-corrected chi connectivity index (χ0v) is 9.65. The first kappa shape index (κ1) is 10.5. The van der Waals surface area contributed by atoms with Crippen molar-refractivity contribution in [1.29, 1.82) is 0 Å². The van der Waals surface area contributed by atoms with Crippen molar-refractivity contribution in [1.82, 2.24) is 10.2 Å². The van der Waals surface area contributed by atoms with Crippen LogP contribution in [0.5, 0.6) is 0 Å². The Morgan fingerprint density at radius 3 is 3.21 bits per heavy atom. The van der Waals surface area contributed by atoms with Gasteiger partial charge in [0.05, 0.1) is 11.1 Å². The predicted octanol–water partition coefficient (Wildman–Crippen LogP) is 0.816. The Morgan fingerprint density at radius 1 is 1.50 bits per heavy atom. The molecule has 0 aromatic heterocycles. The quantitative estimate of drug-likeness (QED) is 0.736. The number of rotatable bonds is 2. The topological polar surface area (TPSA) is 27.6 Å². The summed E-state index contributed by atoms with van der Waals surface area (Å²) in [6.45, 7) is 8.03. The lowest BCUT2D eigenvalue weighted by molar-refractivity contribution is 0.281. The van der Waals surface area contributed by atoms with Gasteiger partial charge in [-0.1, -0.05) is 0 Å². The second-order valence-electron chi connectivity index (χ2n) is 4.02. The number of nitrogens with zero attached hydrogens (tertiary/aromatic N) is 2. The highest BCUT2D eigenvalue weighted by molar-refractivity contribution is 8.14. The van der Waals surface area contributed by atoms with Crippen molar-refractivity contribution in [3.05, 3.63) is 0 Å². The van der Waals surface area contributed by atoms with Crippen LogP contribution in [-0.4, -0.2) is 54.5 Å². The molecule has 80 valence electrons. The van der Waals surface area contributed by atoms with E-state index in [2.05, 4.69) is 22.1 Å². The SMILES string of the molecule is CC1=NC(CN2CCCNCC2)CS1. The molecule has 4 heteroatoms. The highest BCUT2D eigenvalue weighted by Crippen LogP contribution is 2.18. The van der Waals surface area contributed by atoms with Crippen LogP contribution >= 0.6 is 11.8 Å². The summed E-state index contributed by atoms with van der Waals surface area (Å²) < 4.78 is 0. The van der Waals surface area contributed by atoms with Crippen LogP contribution in [0.4, 0.5) is 0 Å². The molecule has 14 heavy (non-hydrogen) atoms. The van der Waals surface area contributed by atoms with E-state index in [1.54, 1.807) is 0 Å². The molecule has 1 N–H and O–H groups in total. The summed E-state index contributed by atoms with van der Waals surface area (Å²) in [5, 5.41) is 4.69. The standard InChI is InChI=1S/C10H19N3S/c1-9-12-10(8-14-9)7-13-5-2-3-11-4-6-13/h10-11H,2-8H2,1H3. The summed E-state index contributed by atoms with van der Waals surface area (Å²) in [5.41, 5.74) is 0. The van der Waals surface area contributed by atoms with Gasteiger partial charge in [-0.25, -0.2) is 0 Å². The Balaban J connectivity index is 1.78. The molecule has 0 aliphatic carbocycles. The van der Waals surface area contributed by atoms with Crippen LogP contribution in [0.3, 0.4) is 0 Å². The Bertz CT molecular complexity index is 209. The zero-order valence-electron chi connectivity index (χ0n) is 8.83. The first-order valence-corrected chi connectivity index (χ1v) is 6.43. The maximum absolute atomic E-state index is 4.63. The molecule has 0 amide bonds. The van der Waals surface area contributed by atoms with Crippen molar-refractivity contribution in [3.8, 4) is 0 Å². The molecule has 1 fully saturated rings. The van der Waals surface area contributed by atoms with Crippen LogP contribution in [0, 0.1) is 0 Å². The van der Waals surface area contributed by atoms with Crippen molar-refractivity contribution >= 4 is 16.8 Å². The van der Waals surface area contributed by atoms with Crippen molar-refractivity contribution < 1.29 is 0 Å². The van der Waals surface area contributed by atoms with Gasteiger partial charge in [0.1, 0.15) is 0 Å². The van der Waals surface area contributed by atoms with Gasteiger partial charge in [-0.2, -0.15) is 0 Å². The zero-order chi connectivity index (χ0) is 9.80. The molecule has 2 aliphatic heterocycles. The van der Waals surface area contributed by atoms with Crippen LogP contribution in [0.15, 0.2) is 4.99 Å². The summed E-state index contributed by atoms with van der Waals surface area (Å²) >= 11 is 1.91. The minimum atomic E-state index is 0.554. The van der Waals surface area contributed by atoms with E-state index in [0.29, 0.717) is 6.04 Å². The molecule has 1 atom stereocenters. The van der Waals surface area contributed by atoms with Gasteiger partial charge in [0.25, 0.3) is 0 Å². The highest BCUT2D eigenvalue weighted by atomic mass is 32.2. The minimum absolute atomic E-state index is 0.554. The highest BCUT2D eigenvalue weighted by Gasteiger charge is 2.19. The van der Waals surface area contributed by atoms with Crippen molar-refractivity contribution in [3.63, 3.8) is 0 Å². The van der Waals surface area contributed by atoms with Crippen LogP contribution in [0.1, 0.15) is 13.3 Å². The van der Waals surface area contributed by atoms with Crippen LogP contribution in [0.2, 0.25) is 0 Å². The largest absolute Gasteiger partial charge is 0.315 e. The van der Waals surface area contributed by atoms with Gasteiger partial charge >= 0.3 is 0 Å². The van der Waals surface area contributed by atoms with Crippen molar-refractivity contribution in [2.24, 2.45) is 4.99 Å². The molecule has 1 saturated heterocycles. The van der Waals surface area contributed by atoms with Crippen molar-refractivity contribution in [2.75, 3.05) is 38.5 Å². The number of thioether (sulfide) groups is 1. The monoisotopic (exact) mass is 213 g/mol. The van der Waals surface area contributed by atoms with Crippen LogP contribution < -0.4 is 5.32 Å². The third-order valence-corrected chi connectivity index (χ3v) is 3.83. The Kier molecular flexibility index (Phi) is 3.84. The lowest BCUT2D eigenvalue weighted by atomic mass is 10.3. The van der Waals surface area contributed by atoms with Crippen molar-refractivity contribution in [2.45, 2.75) is 19.4 Å². The molecule has 3 nitrogen and oxygen atoms in total. The lowest BCUT2D eigenvalue weighted by Crippen LogP contribution is -2.34. The van der Waals surface area contributed by atoms with Crippen LogP contribution in [-0.2, 0) is 0 Å². The first-order valence-electron chi connectivity index (χ1n) is 5.45. The molecular weight excluding hydrogens is 194 g/mol. The molecule has 0 aromatic rings. The first-order chi connectivity index (χ1) is 6.84. The second-order valence-corrected chi connectivity index (χ2v) is 5.23. The summed E-state index contributed by atoms with van der Waals surface area (Å²) in [7, 11) is 0. The summed E-state index contributed by atoms with van der Waals surface area (Å²) in [4.78, 5) is 7.18. The van der Waals surface area contributed by atoms with E-state index in [1.165, 1.54) is 36.9 Å². The van der Waals surface area contributed by atoms with Crippen LogP contribution in [0.25, 0.3) is 0 Å². The van der Waals surface area contributed by atoms with E-state index in [-0.39, 0.29) is 0 Å². The normalized spacial score (nSPS) is 30.1. The van der Waals surface area contributed by atoms with E-state index in [9.17, 15) is 0 Å². The molecule has 0 bridgehead atoms. The van der Waals surface area contributed by atoms with Gasteiger partial charge in [-0.05, 0) is 26.4 Å². The van der Waals surface area contributed by atoms with Gasteiger partial charge in [-0.15, -0.1) is 11.8 Å². The molecular formula is C10H19N3S. The molecule has 0 saturated carbocycles. The number of hydrogen-bond donors (Lipinski definition) is 1. The van der Waals surface area contributed by atoms with E-state index in [4.69, 9.17) is 0 Å². The van der Waals surface area contributed by atoms with E-state index < -0.39 is 0 Å². The number of nitrogens with one attached hydrogen (secondary N) is 1. The minimum Gasteiger partial charge on any atom is -0.315 e. The smallest absolute Gasteiger partial charge is 0.0730 e. The molecule has 1 unspecified atom stereocenters. The Hall–Kier alpha value is -0.0600. The molecule has 2 heterocycles. The average molecular weight is 213 g/mol. The van der Waals surface area contributed by atoms with Gasteiger partial charge in [0, 0.05) is 25.4 Å². The lowest BCUT2D eigenvalue weighted by Gasteiger charge is -2.21. The maximum atomic E-state index is 4.63. The number of hydrogen-bond acceptors (Lipinski definition) is 4. The summed E-state index contributed by atoms with van der Waals surface area (Å²) in [6.07, 6.45) is 1.28. The molecule has 2 rings (SSSR count). The Morgan fingerprint density at radius 2 is 2.43 bits per heavy atom. The number of aliphatic imine (C=N–C) groups is 1. The fraction of sp³-hybridized carbons (Fsp3) is 0.900. The predicted molar refractivity (Wildman–Crippen MR) is 63.3 cm³/mol. The Labute approximate surface area is 90.3 Å². The third kappa shape index (κ3) is 2.97. The molecule has 0 radical (unpaired) electrons. The van der Waals surface area contributed by atoms with E-state index in [0.717, 1.165) is 13.1 Å². The van der Waals surface area contributed by atoms with E-state index >= 15 is 0 Å². The third-order valence-electron chi connectivity index (χ3n) is 2.75. The molecule has 0 spiro atoms.